The Morgan fingerprint density at radius 1 is 1.05 bits per heavy atom. The van der Waals surface area contributed by atoms with Crippen LogP contribution in [-0.2, 0) is 0 Å². The van der Waals surface area contributed by atoms with E-state index < -0.39 is 0 Å². The lowest BCUT2D eigenvalue weighted by molar-refractivity contribution is 0.103. The number of hydrogen-bond acceptors (Lipinski definition) is 3. The molecule has 0 saturated heterocycles. The van der Waals surface area contributed by atoms with Crippen molar-refractivity contribution in [2.75, 3.05) is 0 Å². The Labute approximate surface area is 118 Å². The molecule has 0 radical (unpaired) electrons. The molecule has 0 fully saturated rings. The Balaban J connectivity index is 2.56. The first-order valence-corrected chi connectivity index (χ1v) is 6.19. The lowest BCUT2D eigenvalue weighted by Gasteiger charge is -2.04. The van der Waals surface area contributed by atoms with Crippen LogP contribution in [0.4, 0.5) is 0 Å². The summed E-state index contributed by atoms with van der Waals surface area (Å²) in [7, 11) is 0. The molecule has 0 saturated carbocycles. The fourth-order valence-corrected chi connectivity index (χ4v) is 2.08. The predicted octanol–water partition coefficient (Wildman–Crippen LogP) is 3.42. The maximum atomic E-state index is 12.4. The van der Waals surface area contributed by atoms with Crippen LogP contribution in [0.1, 0.15) is 27.0 Å². The van der Waals surface area contributed by atoms with Crippen molar-refractivity contribution in [1.82, 2.24) is 0 Å². The number of carbonyl (C=O) groups excluding carboxylic acids is 1. The van der Waals surface area contributed by atoms with Crippen LogP contribution >= 0.6 is 15.9 Å². The SMILES string of the molecule is N#Cc1ccc(C#N)c(C(=O)c2cccc(Br)c2)c1. The van der Waals surface area contributed by atoms with Crippen LogP contribution in [0.15, 0.2) is 46.9 Å². The van der Waals surface area contributed by atoms with E-state index in [0.717, 1.165) is 4.47 Å². The van der Waals surface area contributed by atoms with Gasteiger partial charge in [-0.1, -0.05) is 28.1 Å². The Bertz CT molecular complexity index is 739. The number of nitrogens with zero attached hydrogens (tertiary/aromatic N) is 2. The van der Waals surface area contributed by atoms with Gasteiger partial charge in [0.05, 0.1) is 23.3 Å². The van der Waals surface area contributed by atoms with Gasteiger partial charge < -0.3 is 0 Å². The van der Waals surface area contributed by atoms with Gasteiger partial charge in [-0.15, -0.1) is 0 Å². The average Bonchev–Trinajstić information content (AvgIpc) is 2.45. The topological polar surface area (TPSA) is 64.7 Å². The molecule has 0 N–H and O–H groups in total. The van der Waals surface area contributed by atoms with Gasteiger partial charge in [-0.05, 0) is 30.3 Å². The molecule has 3 nitrogen and oxygen atoms in total. The summed E-state index contributed by atoms with van der Waals surface area (Å²) in [5.74, 6) is -0.269. The van der Waals surface area contributed by atoms with Crippen molar-refractivity contribution in [1.29, 1.82) is 10.5 Å². The summed E-state index contributed by atoms with van der Waals surface area (Å²) in [6.07, 6.45) is 0. The highest BCUT2D eigenvalue weighted by Gasteiger charge is 2.14. The largest absolute Gasteiger partial charge is 0.289 e. The number of hydrogen-bond donors (Lipinski definition) is 0. The summed E-state index contributed by atoms with van der Waals surface area (Å²) >= 11 is 3.30. The molecule has 0 unspecified atom stereocenters. The minimum Gasteiger partial charge on any atom is -0.289 e. The zero-order chi connectivity index (χ0) is 13.8. The summed E-state index contributed by atoms with van der Waals surface area (Å²) in [5.41, 5.74) is 1.35. The van der Waals surface area contributed by atoms with Crippen LogP contribution in [-0.4, -0.2) is 5.78 Å². The molecular weight excluding hydrogens is 304 g/mol. The third-order valence-electron chi connectivity index (χ3n) is 2.60. The highest BCUT2D eigenvalue weighted by atomic mass is 79.9. The van der Waals surface area contributed by atoms with Crippen molar-refractivity contribution in [3.05, 3.63) is 69.2 Å². The van der Waals surface area contributed by atoms with Crippen molar-refractivity contribution in [3.63, 3.8) is 0 Å². The number of carbonyl (C=O) groups is 1. The second-order valence-electron chi connectivity index (χ2n) is 3.82. The molecule has 0 spiro atoms. The Morgan fingerprint density at radius 3 is 2.47 bits per heavy atom. The van der Waals surface area contributed by atoms with Gasteiger partial charge in [-0.2, -0.15) is 10.5 Å². The summed E-state index contributed by atoms with van der Waals surface area (Å²) < 4.78 is 0.785. The Morgan fingerprint density at radius 2 is 1.84 bits per heavy atom. The molecular formula is C15H7BrN2O. The van der Waals surface area contributed by atoms with Gasteiger partial charge in [0.1, 0.15) is 0 Å². The second kappa shape index (κ2) is 5.48. The Hall–Kier alpha value is -2.43. The predicted molar refractivity (Wildman–Crippen MR) is 73.4 cm³/mol. The average molecular weight is 311 g/mol. The van der Waals surface area contributed by atoms with Crippen LogP contribution < -0.4 is 0 Å². The smallest absolute Gasteiger partial charge is 0.194 e. The molecule has 2 aromatic rings. The summed E-state index contributed by atoms with van der Waals surface area (Å²) in [6, 6.07) is 15.3. The fourth-order valence-electron chi connectivity index (χ4n) is 1.68. The number of benzene rings is 2. The monoisotopic (exact) mass is 310 g/mol. The van der Waals surface area contributed by atoms with Crippen molar-refractivity contribution in [2.24, 2.45) is 0 Å². The normalized spacial score (nSPS) is 9.42. The van der Waals surface area contributed by atoms with E-state index in [4.69, 9.17) is 10.5 Å². The molecule has 19 heavy (non-hydrogen) atoms. The van der Waals surface area contributed by atoms with Gasteiger partial charge in [-0.25, -0.2) is 0 Å². The minimum absolute atomic E-state index is 0.250. The fraction of sp³-hybridized carbons (Fsp3) is 0. The van der Waals surface area contributed by atoms with Gasteiger partial charge in [0.25, 0.3) is 0 Å². The molecule has 4 heteroatoms. The first-order valence-electron chi connectivity index (χ1n) is 5.40. The highest BCUT2D eigenvalue weighted by molar-refractivity contribution is 9.10. The second-order valence-corrected chi connectivity index (χ2v) is 4.74. The maximum absolute atomic E-state index is 12.4. The standard InChI is InChI=1S/C15H7BrN2O/c16-13-3-1-2-11(7-13)15(19)14-6-10(8-17)4-5-12(14)9-18/h1-7H. The molecule has 90 valence electrons. The van der Waals surface area contributed by atoms with Crippen molar-refractivity contribution < 1.29 is 4.79 Å². The molecule has 0 bridgehead atoms. The molecule has 2 aromatic carbocycles. The maximum Gasteiger partial charge on any atom is 0.194 e. The first-order chi connectivity index (χ1) is 9.15. The van der Waals surface area contributed by atoms with E-state index in [1.807, 2.05) is 18.2 Å². The van der Waals surface area contributed by atoms with E-state index in [1.54, 1.807) is 18.2 Å². The number of nitriles is 2. The third kappa shape index (κ3) is 2.70. The zero-order valence-corrected chi connectivity index (χ0v) is 11.3. The quantitative estimate of drug-likeness (QED) is 0.798. The van der Waals surface area contributed by atoms with Crippen molar-refractivity contribution in [2.45, 2.75) is 0 Å². The number of halogens is 1. The van der Waals surface area contributed by atoms with E-state index >= 15 is 0 Å². The first kappa shape index (κ1) is 13.0. The number of rotatable bonds is 2. The Kier molecular flexibility index (Phi) is 3.75. The molecule has 0 aliphatic heterocycles. The summed E-state index contributed by atoms with van der Waals surface area (Å²) in [4.78, 5) is 12.4. The summed E-state index contributed by atoms with van der Waals surface area (Å²) in [6.45, 7) is 0. The van der Waals surface area contributed by atoms with E-state index in [1.165, 1.54) is 18.2 Å². The molecule has 0 amide bonds. The summed E-state index contributed by atoms with van der Waals surface area (Å²) in [5, 5.41) is 17.9. The van der Waals surface area contributed by atoms with Gasteiger partial charge in [0.2, 0.25) is 0 Å². The van der Waals surface area contributed by atoms with Crippen LogP contribution in [0.25, 0.3) is 0 Å². The van der Waals surface area contributed by atoms with Crippen molar-refractivity contribution >= 4 is 21.7 Å². The van der Waals surface area contributed by atoms with E-state index in [9.17, 15) is 4.79 Å². The van der Waals surface area contributed by atoms with Crippen LogP contribution in [0.5, 0.6) is 0 Å². The van der Waals surface area contributed by atoms with Crippen LogP contribution in [0.2, 0.25) is 0 Å². The molecule has 0 aromatic heterocycles. The zero-order valence-electron chi connectivity index (χ0n) is 9.72. The van der Waals surface area contributed by atoms with Gasteiger partial charge in [0.15, 0.2) is 5.78 Å². The lowest BCUT2D eigenvalue weighted by atomic mass is 9.97. The lowest BCUT2D eigenvalue weighted by Crippen LogP contribution is -2.04. The molecule has 0 atom stereocenters. The van der Waals surface area contributed by atoms with Gasteiger partial charge in [0, 0.05) is 15.6 Å². The van der Waals surface area contributed by atoms with Gasteiger partial charge >= 0.3 is 0 Å². The molecule has 0 aliphatic rings. The molecule has 2 rings (SSSR count). The van der Waals surface area contributed by atoms with E-state index in [2.05, 4.69) is 15.9 Å². The van der Waals surface area contributed by atoms with E-state index in [-0.39, 0.29) is 16.9 Å². The molecule has 0 heterocycles. The van der Waals surface area contributed by atoms with Gasteiger partial charge in [-0.3, -0.25) is 4.79 Å². The van der Waals surface area contributed by atoms with Crippen molar-refractivity contribution in [3.8, 4) is 12.1 Å². The van der Waals surface area contributed by atoms with Crippen LogP contribution in [0.3, 0.4) is 0 Å². The molecule has 0 aliphatic carbocycles. The van der Waals surface area contributed by atoms with E-state index in [0.29, 0.717) is 11.1 Å². The number of ketones is 1. The minimum atomic E-state index is -0.269. The van der Waals surface area contributed by atoms with Crippen LogP contribution in [0, 0.1) is 22.7 Å². The highest BCUT2D eigenvalue weighted by Crippen LogP contribution is 2.19. The third-order valence-corrected chi connectivity index (χ3v) is 3.09.